The lowest BCUT2D eigenvalue weighted by Crippen LogP contribution is -2.29. The van der Waals surface area contributed by atoms with Crippen LogP contribution in [0, 0.1) is 6.92 Å². The molecule has 1 amide bonds. The molecule has 0 unspecified atom stereocenters. The highest BCUT2D eigenvalue weighted by atomic mass is 32.2. The lowest BCUT2D eigenvalue weighted by atomic mass is 10.2. The molecule has 1 aliphatic rings. The number of hydrogen-bond acceptors (Lipinski definition) is 6. The van der Waals surface area contributed by atoms with Crippen molar-refractivity contribution in [2.75, 3.05) is 12.1 Å². The van der Waals surface area contributed by atoms with Crippen molar-refractivity contribution in [1.29, 1.82) is 0 Å². The molecule has 2 aromatic rings. The number of carbonyl (C=O) groups excluding carboxylic acids is 2. The van der Waals surface area contributed by atoms with Crippen molar-refractivity contribution < 1.29 is 14.3 Å². The highest BCUT2D eigenvalue weighted by Gasteiger charge is 2.32. The van der Waals surface area contributed by atoms with E-state index in [2.05, 4.69) is 10.1 Å². The van der Waals surface area contributed by atoms with Crippen LogP contribution in [0.5, 0.6) is 5.75 Å². The van der Waals surface area contributed by atoms with Gasteiger partial charge in [-0.1, -0.05) is 26.0 Å². The van der Waals surface area contributed by atoms with Crippen LogP contribution in [0.1, 0.15) is 42.9 Å². The molecule has 0 bridgehead atoms. The fraction of sp³-hybridized carbons (Fsp3) is 0.333. The van der Waals surface area contributed by atoms with E-state index in [9.17, 15) is 9.59 Å². The molecule has 1 aromatic heterocycles. The number of aryl methyl sites for hydroxylation is 1. The average Bonchev–Trinajstić information content (AvgIpc) is 3.01. The van der Waals surface area contributed by atoms with Gasteiger partial charge in [0, 0.05) is 18.4 Å². The molecule has 1 aliphatic heterocycles. The first-order valence-corrected chi connectivity index (χ1v) is 9.18. The zero-order chi connectivity index (χ0) is 18.8. The summed E-state index contributed by atoms with van der Waals surface area (Å²) in [6, 6.07) is 7.44. The number of amides is 1. The summed E-state index contributed by atoms with van der Waals surface area (Å²) in [5.41, 5.74) is 0.809. The largest absolute Gasteiger partial charge is 0.497 e. The molecule has 1 aromatic carbocycles. The van der Waals surface area contributed by atoms with E-state index in [1.165, 1.54) is 16.8 Å². The molecule has 8 heteroatoms. The molecular weight excluding hydrogens is 352 g/mol. The van der Waals surface area contributed by atoms with Gasteiger partial charge in [0.05, 0.1) is 7.11 Å². The Morgan fingerprint density at radius 2 is 1.92 bits per heavy atom. The van der Waals surface area contributed by atoms with Crippen LogP contribution in [-0.4, -0.2) is 33.5 Å². The minimum atomic E-state index is -0.180. The van der Waals surface area contributed by atoms with Gasteiger partial charge in [-0.25, -0.2) is 4.98 Å². The smallest absolute Gasteiger partial charge is 0.248 e. The van der Waals surface area contributed by atoms with Crippen molar-refractivity contribution in [2.24, 2.45) is 5.10 Å². The summed E-state index contributed by atoms with van der Waals surface area (Å²) >= 11 is 1.33. The molecule has 2 heterocycles. The molecule has 0 aliphatic carbocycles. The van der Waals surface area contributed by atoms with E-state index in [1.54, 1.807) is 32.4 Å². The molecule has 0 atom stereocenters. The van der Waals surface area contributed by atoms with E-state index >= 15 is 0 Å². The minimum Gasteiger partial charge on any atom is -0.497 e. The first kappa shape index (κ1) is 18.2. The van der Waals surface area contributed by atoms with Crippen LogP contribution in [0.4, 0.5) is 5.82 Å². The summed E-state index contributed by atoms with van der Waals surface area (Å²) in [7, 11) is 1.60. The lowest BCUT2D eigenvalue weighted by Gasteiger charge is -2.22. The SMILES string of the molecule is CCC(=O)N1N=C(c2cccc(OC)c2)Sc2c1nc(C)n2C(=O)CC. The van der Waals surface area contributed by atoms with Gasteiger partial charge in [-0.15, -0.1) is 0 Å². The van der Waals surface area contributed by atoms with Gasteiger partial charge < -0.3 is 4.74 Å². The summed E-state index contributed by atoms with van der Waals surface area (Å²) in [6.07, 6.45) is 0.629. The Kier molecular flexibility index (Phi) is 5.13. The molecule has 0 N–H and O–H groups in total. The van der Waals surface area contributed by atoms with Gasteiger partial charge in [0.25, 0.3) is 0 Å². The van der Waals surface area contributed by atoms with Crippen molar-refractivity contribution in [2.45, 2.75) is 38.6 Å². The van der Waals surface area contributed by atoms with Crippen LogP contribution in [-0.2, 0) is 4.79 Å². The van der Waals surface area contributed by atoms with E-state index in [1.807, 2.05) is 24.3 Å². The number of anilines is 1. The van der Waals surface area contributed by atoms with Crippen molar-refractivity contribution in [3.05, 3.63) is 35.7 Å². The maximum absolute atomic E-state index is 12.4. The Labute approximate surface area is 156 Å². The number of hydrazone groups is 1. The lowest BCUT2D eigenvalue weighted by molar-refractivity contribution is -0.118. The van der Waals surface area contributed by atoms with E-state index < -0.39 is 0 Å². The molecule has 0 saturated carbocycles. The summed E-state index contributed by atoms with van der Waals surface area (Å²) < 4.78 is 6.84. The fourth-order valence-electron chi connectivity index (χ4n) is 2.63. The summed E-state index contributed by atoms with van der Waals surface area (Å²) in [5.74, 6) is 1.40. The molecule has 7 nitrogen and oxygen atoms in total. The molecule has 0 saturated heterocycles. The van der Waals surface area contributed by atoms with Crippen molar-refractivity contribution >= 4 is 34.4 Å². The number of fused-ring (bicyclic) bond motifs is 1. The van der Waals surface area contributed by atoms with Gasteiger partial charge in [-0.3, -0.25) is 14.2 Å². The summed E-state index contributed by atoms with van der Waals surface area (Å²) in [6.45, 7) is 5.32. The number of nitrogens with zero attached hydrogens (tertiary/aromatic N) is 4. The fourth-order valence-corrected chi connectivity index (χ4v) is 3.72. The molecule has 3 rings (SSSR count). The van der Waals surface area contributed by atoms with E-state index in [0.717, 1.165) is 5.56 Å². The Morgan fingerprint density at radius 3 is 2.58 bits per heavy atom. The standard InChI is InChI=1S/C18H20N4O3S/c1-5-14(23)21-11(3)19-16-18(21)26-17(20-22(16)15(24)6-2)12-8-7-9-13(10-12)25-4/h7-10H,5-6H2,1-4H3. The number of methoxy groups -OCH3 is 1. The first-order valence-electron chi connectivity index (χ1n) is 8.36. The highest BCUT2D eigenvalue weighted by molar-refractivity contribution is 8.14. The van der Waals surface area contributed by atoms with Crippen LogP contribution in [0.15, 0.2) is 34.4 Å². The number of carbonyl (C=O) groups is 2. The van der Waals surface area contributed by atoms with Crippen molar-refractivity contribution in [3.8, 4) is 5.75 Å². The third-order valence-corrected chi connectivity index (χ3v) is 5.05. The van der Waals surface area contributed by atoms with Gasteiger partial charge in [-0.2, -0.15) is 10.1 Å². The van der Waals surface area contributed by atoms with Gasteiger partial charge in [-0.05, 0) is 30.8 Å². The molecule has 0 fully saturated rings. The monoisotopic (exact) mass is 372 g/mol. The Bertz CT molecular complexity index is 904. The van der Waals surface area contributed by atoms with Crippen LogP contribution in [0.2, 0.25) is 0 Å². The number of aromatic nitrogens is 2. The molecule has 136 valence electrons. The van der Waals surface area contributed by atoms with Gasteiger partial charge in [0.1, 0.15) is 21.6 Å². The molecular formula is C18H20N4O3S. The predicted octanol–water partition coefficient (Wildman–Crippen LogP) is 3.46. The van der Waals surface area contributed by atoms with E-state index in [-0.39, 0.29) is 18.2 Å². The van der Waals surface area contributed by atoms with Crippen LogP contribution < -0.4 is 9.75 Å². The zero-order valence-corrected chi connectivity index (χ0v) is 16.0. The highest BCUT2D eigenvalue weighted by Crippen LogP contribution is 2.39. The maximum atomic E-state index is 12.4. The summed E-state index contributed by atoms with van der Waals surface area (Å²) in [4.78, 5) is 29.3. The molecule has 0 spiro atoms. The Balaban J connectivity index is 2.14. The molecule has 26 heavy (non-hydrogen) atoms. The topological polar surface area (TPSA) is 76.8 Å². The number of thioether (sulfide) groups is 1. The van der Waals surface area contributed by atoms with Crippen LogP contribution in [0.25, 0.3) is 0 Å². The molecule has 0 radical (unpaired) electrons. The number of benzene rings is 1. The van der Waals surface area contributed by atoms with Crippen molar-refractivity contribution in [3.63, 3.8) is 0 Å². The maximum Gasteiger partial charge on any atom is 0.248 e. The van der Waals surface area contributed by atoms with E-state index in [4.69, 9.17) is 4.74 Å². The summed E-state index contributed by atoms with van der Waals surface area (Å²) in [5, 5.41) is 7.03. The Morgan fingerprint density at radius 1 is 1.19 bits per heavy atom. The number of imidazole rings is 1. The van der Waals surface area contributed by atoms with Gasteiger partial charge >= 0.3 is 0 Å². The second kappa shape index (κ2) is 7.33. The van der Waals surface area contributed by atoms with Gasteiger partial charge in [0.15, 0.2) is 5.82 Å². The number of ether oxygens (including phenoxy) is 1. The van der Waals surface area contributed by atoms with Gasteiger partial charge in [0.2, 0.25) is 11.8 Å². The van der Waals surface area contributed by atoms with Crippen molar-refractivity contribution in [1.82, 2.24) is 9.55 Å². The zero-order valence-electron chi connectivity index (χ0n) is 15.1. The first-order chi connectivity index (χ1) is 12.5. The second-order valence-corrected chi connectivity index (χ2v) is 6.65. The second-order valence-electron chi connectivity index (χ2n) is 5.67. The number of rotatable bonds is 4. The van der Waals surface area contributed by atoms with E-state index in [0.29, 0.717) is 33.9 Å². The van der Waals surface area contributed by atoms with Crippen LogP contribution >= 0.6 is 11.8 Å². The third kappa shape index (κ3) is 3.12. The predicted molar refractivity (Wildman–Crippen MR) is 101 cm³/mol. The minimum absolute atomic E-state index is 0.0699. The Hall–Kier alpha value is -2.61. The third-order valence-electron chi connectivity index (χ3n) is 3.98. The quantitative estimate of drug-likeness (QED) is 0.821. The average molecular weight is 372 g/mol. The number of hydrogen-bond donors (Lipinski definition) is 0. The van der Waals surface area contributed by atoms with Crippen LogP contribution in [0.3, 0.4) is 0 Å². The normalized spacial score (nSPS) is 13.2.